The molecule has 5 nitrogen and oxygen atoms in total. The average Bonchev–Trinajstić information content (AvgIpc) is 2.36. The van der Waals surface area contributed by atoms with Crippen LogP contribution in [0.2, 0.25) is 0 Å². The number of ether oxygens (including phenoxy) is 1. The average molecular weight is 307 g/mol. The highest BCUT2D eigenvalue weighted by Crippen LogP contribution is 2.17. The van der Waals surface area contributed by atoms with Crippen LogP contribution in [0, 0.1) is 5.92 Å². The number of piperidine rings is 1. The van der Waals surface area contributed by atoms with Crippen molar-refractivity contribution in [3.63, 3.8) is 0 Å². The van der Waals surface area contributed by atoms with Crippen molar-refractivity contribution in [2.45, 2.75) is 52.1 Å². The molecule has 1 heterocycles. The lowest BCUT2D eigenvalue weighted by atomic mass is 9.93. The van der Waals surface area contributed by atoms with Gasteiger partial charge in [0.2, 0.25) is 5.91 Å². The van der Waals surface area contributed by atoms with Crippen molar-refractivity contribution in [3.05, 3.63) is 0 Å². The van der Waals surface area contributed by atoms with Crippen LogP contribution in [0.4, 0.5) is 0 Å². The second-order valence-electron chi connectivity index (χ2n) is 5.37. The van der Waals surface area contributed by atoms with Crippen molar-refractivity contribution in [3.8, 4) is 0 Å². The van der Waals surface area contributed by atoms with Gasteiger partial charge >= 0.3 is 5.97 Å². The molecular weight excluding hydrogens is 280 g/mol. The Morgan fingerprint density at radius 1 is 1.25 bits per heavy atom. The van der Waals surface area contributed by atoms with Crippen LogP contribution in [0.1, 0.15) is 46.0 Å². The highest BCUT2D eigenvalue weighted by atomic mass is 35.5. The summed E-state index contributed by atoms with van der Waals surface area (Å²) in [6.45, 7) is 6.13. The number of amides is 1. The SMILES string of the molecule is CC(C)OC(=O)CCNC(=O)CCC1CCNCC1.Cl. The van der Waals surface area contributed by atoms with E-state index in [1.54, 1.807) is 0 Å². The summed E-state index contributed by atoms with van der Waals surface area (Å²) in [5, 5.41) is 6.08. The first-order valence-electron chi connectivity index (χ1n) is 7.25. The molecule has 1 rings (SSSR count). The molecule has 1 saturated heterocycles. The summed E-state index contributed by atoms with van der Waals surface area (Å²) in [6, 6.07) is 0. The molecule has 118 valence electrons. The largest absolute Gasteiger partial charge is 0.463 e. The van der Waals surface area contributed by atoms with Gasteiger partial charge in [-0.3, -0.25) is 9.59 Å². The lowest BCUT2D eigenvalue weighted by molar-refractivity contribution is -0.147. The van der Waals surface area contributed by atoms with Crippen molar-refractivity contribution in [2.24, 2.45) is 5.92 Å². The zero-order valence-electron chi connectivity index (χ0n) is 12.4. The van der Waals surface area contributed by atoms with Gasteiger partial charge in [0.15, 0.2) is 0 Å². The molecule has 0 saturated carbocycles. The number of nitrogens with one attached hydrogen (secondary N) is 2. The van der Waals surface area contributed by atoms with E-state index < -0.39 is 0 Å². The molecule has 0 aromatic heterocycles. The van der Waals surface area contributed by atoms with E-state index in [0.717, 1.165) is 32.4 Å². The summed E-state index contributed by atoms with van der Waals surface area (Å²) in [7, 11) is 0. The van der Waals surface area contributed by atoms with Gasteiger partial charge in [-0.1, -0.05) is 0 Å². The number of carbonyl (C=O) groups excluding carboxylic acids is 2. The number of halogens is 1. The van der Waals surface area contributed by atoms with E-state index in [-0.39, 0.29) is 36.8 Å². The summed E-state index contributed by atoms with van der Waals surface area (Å²) < 4.78 is 4.99. The predicted molar refractivity (Wildman–Crippen MR) is 80.9 cm³/mol. The molecule has 1 amide bonds. The fourth-order valence-corrected chi connectivity index (χ4v) is 2.22. The molecule has 1 fully saturated rings. The van der Waals surface area contributed by atoms with E-state index in [1.807, 2.05) is 13.8 Å². The Labute approximate surface area is 127 Å². The number of esters is 1. The molecule has 20 heavy (non-hydrogen) atoms. The third-order valence-electron chi connectivity index (χ3n) is 3.26. The maximum atomic E-state index is 11.6. The second-order valence-corrected chi connectivity index (χ2v) is 5.37. The maximum absolute atomic E-state index is 11.6. The van der Waals surface area contributed by atoms with Crippen LogP contribution >= 0.6 is 12.4 Å². The molecular formula is C14H27ClN2O3. The minimum Gasteiger partial charge on any atom is -0.463 e. The summed E-state index contributed by atoms with van der Waals surface area (Å²) in [4.78, 5) is 22.9. The zero-order chi connectivity index (χ0) is 14.1. The Bertz CT molecular complexity index is 292. The number of rotatable bonds is 7. The van der Waals surface area contributed by atoms with E-state index in [2.05, 4.69) is 10.6 Å². The van der Waals surface area contributed by atoms with Gasteiger partial charge in [0.25, 0.3) is 0 Å². The van der Waals surface area contributed by atoms with Crippen molar-refractivity contribution in [1.82, 2.24) is 10.6 Å². The first-order chi connectivity index (χ1) is 9.08. The molecule has 0 aromatic carbocycles. The molecule has 0 unspecified atom stereocenters. The van der Waals surface area contributed by atoms with Crippen molar-refractivity contribution >= 4 is 24.3 Å². The van der Waals surface area contributed by atoms with Crippen LogP contribution in [0.15, 0.2) is 0 Å². The summed E-state index contributed by atoms with van der Waals surface area (Å²) in [5.74, 6) is 0.447. The van der Waals surface area contributed by atoms with Crippen LogP contribution in [0.5, 0.6) is 0 Å². The Morgan fingerprint density at radius 3 is 2.50 bits per heavy atom. The van der Waals surface area contributed by atoms with Crippen LogP contribution < -0.4 is 10.6 Å². The third-order valence-corrected chi connectivity index (χ3v) is 3.26. The molecule has 0 aliphatic carbocycles. The molecule has 1 aliphatic heterocycles. The van der Waals surface area contributed by atoms with E-state index in [4.69, 9.17) is 4.74 Å². The number of hydrogen-bond donors (Lipinski definition) is 2. The molecule has 0 spiro atoms. The fraction of sp³-hybridized carbons (Fsp3) is 0.857. The minimum absolute atomic E-state index is 0. The Hall–Kier alpha value is -0.810. The van der Waals surface area contributed by atoms with Crippen LogP contribution in [0.25, 0.3) is 0 Å². The maximum Gasteiger partial charge on any atom is 0.307 e. The van der Waals surface area contributed by atoms with Gasteiger partial charge in [0.1, 0.15) is 0 Å². The van der Waals surface area contributed by atoms with Gasteiger partial charge in [-0.25, -0.2) is 0 Å². The highest BCUT2D eigenvalue weighted by Gasteiger charge is 2.14. The van der Waals surface area contributed by atoms with Crippen LogP contribution in [-0.4, -0.2) is 37.6 Å². The molecule has 0 bridgehead atoms. The monoisotopic (exact) mass is 306 g/mol. The molecule has 6 heteroatoms. The van der Waals surface area contributed by atoms with Gasteiger partial charge in [-0.2, -0.15) is 0 Å². The molecule has 0 aromatic rings. The first kappa shape index (κ1) is 19.2. The molecule has 0 radical (unpaired) electrons. The first-order valence-corrected chi connectivity index (χ1v) is 7.25. The highest BCUT2D eigenvalue weighted by molar-refractivity contribution is 5.85. The lowest BCUT2D eigenvalue weighted by Gasteiger charge is -2.22. The van der Waals surface area contributed by atoms with E-state index >= 15 is 0 Å². The molecule has 2 N–H and O–H groups in total. The summed E-state index contributed by atoms with van der Waals surface area (Å²) >= 11 is 0. The third kappa shape index (κ3) is 9.15. The number of hydrogen-bond acceptors (Lipinski definition) is 4. The minimum atomic E-state index is -0.256. The molecule has 0 atom stereocenters. The topological polar surface area (TPSA) is 67.4 Å². The summed E-state index contributed by atoms with van der Waals surface area (Å²) in [5.41, 5.74) is 0. The number of carbonyl (C=O) groups is 2. The van der Waals surface area contributed by atoms with E-state index in [0.29, 0.717) is 18.9 Å². The quantitative estimate of drug-likeness (QED) is 0.702. The smallest absolute Gasteiger partial charge is 0.307 e. The van der Waals surface area contributed by atoms with Gasteiger partial charge in [0.05, 0.1) is 12.5 Å². The van der Waals surface area contributed by atoms with Gasteiger partial charge in [-0.05, 0) is 52.1 Å². The lowest BCUT2D eigenvalue weighted by Crippen LogP contribution is -2.30. The van der Waals surface area contributed by atoms with E-state index in [9.17, 15) is 9.59 Å². The van der Waals surface area contributed by atoms with Gasteiger partial charge in [-0.15, -0.1) is 12.4 Å². The van der Waals surface area contributed by atoms with Crippen molar-refractivity contribution < 1.29 is 14.3 Å². The molecule has 1 aliphatic rings. The Kier molecular flexibility index (Phi) is 10.5. The Morgan fingerprint density at radius 2 is 1.90 bits per heavy atom. The van der Waals surface area contributed by atoms with Crippen LogP contribution in [-0.2, 0) is 14.3 Å². The predicted octanol–water partition coefficient (Wildman–Crippen LogP) is 1.65. The standard InChI is InChI=1S/C14H26N2O3.ClH/c1-11(2)19-14(18)7-10-16-13(17)4-3-12-5-8-15-9-6-12;/h11-12,15H,3-10H2,1-2H3,(H,16,17);1H. The summed E-state index contributed by atoms with van der Waals surface area (Å²) in [6.07, 6.45) is 3.98. The second kappa shape index (κ2) is 10.9. The van der Waals surface area contributed by atoms with Gasteiger partial charge < -0.3 is 15.4 Å². The van der Waals surface area contributed by atoms with E-state index in [1.165, 1.54) is 0 Å². The fourth-order valence-electron chi connectivity index (χ4n) is 2.22. The zero-order valence-corrected chi connectivity index (χ0v) is 13.3. The van der Waals surface area contributed by atoms with Crippen LogP contribution in [0.3, 0.4) is 0 Å². The Balaban J connectivity index is 0.00000361. The van der Waals surface area contributed by atoms with Crippen molar-refractivity contribution in [1.29, 1.82) is 0 Å². The normalized spacial score (nSPS) is 15.6. The van der Waals surface area contributed by atoms with Gasteiger partial charge in [0, 0.05) is 13.0 Å². The van der Waals surface area contributed by atoms with Crippen molar-refractivity contribution in [2.75, 3.05) is 19.6 Å².